The molecule has 0 bridgehead atoms. The van der Waals surface area contributed by atoms with E-state index in [4.69, 9.17) is 32.9 Å². The number of aryl methyl sites for hydroxylation is 1. The molecule has 4 aromatic rings. The first-order chi connectivity index (χ1) is 20.3. The first kappa shape index (κ1) is 28.3. The maximum atomic E-state index is 16.2. The van der Waals surface area contributed by atoms with Crippen LogP contribution in [0.15, 0.2) is 54.6 Å². The number of halogens is 3. The van der Waals surface area contributed by atoms with Gasteiger partial charge in [-0.3, -0.25) is 9.69 Å². The number of aromatic nitrogens is 2. The predicted molar refractivity (Wildman–Crippen MR) is 164 cm³/mol. The molecule has 4 atom stereocenters. The number of hydrogen-bond donors (Lipinski definition) is 1. The fraction of sp³-hybridized carbons (Fsp3) is 0.364. The molecule has 222 valence electrons. The van der Waals surface area contributed by atoms with Gasteiger partial charge in [0.15, 0.2) is 0 Å². The lowest BCUT2D eigenvalue weighted by molar-refractivity contribution is -0.128. The van der Waals surface area contributed by atoms with E-state index >= 15 is 4.39 Å². The number of hydrogen-bond acceptors (Lipinski definition) is 5. The highest BCUT2D eigenvalue weighted by molar-refractivity contribution is 6.31. The summed E-state index contributed by atoms with van der Waals surface area (Å²) in [6, 6.07) is 15.8. The van der Waals surface area contributed by atoms with Crippen molar-refractivity contribution >= 4 is 51.8 Å². The van der Waals surface area contributed by atoms with Crippen LogP contribution in [0.2, 0.25) is 10.0 Å². The van der Waals surface area contributed by atoms with E-state index in [1.54, 1.807) is 36.4 Å². The number of amides is 1. The molecule has 10 heteroatoms. The lowest BCUT2D eigenvalue weighted by atomic mass is 9.70. The second-order valence-electron chi connectivity index (χ2n) is 11.8. The summed E-state index contributed by atoms with van der Waals surface area (Å²) >= 11 is 12.8. The van der Waals surface area contributed by atoms with Gasteiger partial charge >= 0.3 is 5.97 Å². The summed E-state index contributed by atoms with van der Waals surface area (Å²) in [5.74, 6) is -0.834. The van der Waals surface area contributed by atoms with Crippen molar-refractivity contribution in [2.45, 2.75) is 56.7 Å². The zero-order chi connectivity index (χ0) is 28.9. The molecule has 2 fully saturated rings. The number of carbonyl (C=O) groups excluding carboxylic acids is 2. The highest BCUT2D eigenvalue weighted by Gasteiger charge is 2.69. The highest BCUT2D eigenvalue weighted by Crippen LogP contribution is 2.64. The van der Waals surface area contributed by atoms with Gasteiger partial charge in [-0.15, -0.1) is 0 Å². The van der Waals surface area contributed by atoms with E-state index < -0.39 is 23.2 Å². The van der Waals surface area contributed by atoms with E-state index in [1.807, 2.05) is 12.1 Å². The summed E-state index contributed by atoms with van der Waals surface area (Å²) in [5.41, 5.74) is 2.64. The number of nitrogens with zero attached hydrogens (tertiary/aromatic N) is 3. The van der Waals surface area contributed by atoms with Crippen LogP contribution in [0.1, 0.15) is 65.8 Å². The number of imidazole rings is 1. The molecule has 1 N–H and O–H groups in total. The monoisotopic (exact) mass is 620 g/mol. The molecule has 4 aliphatic rings. The van der Waals surface area contributed by atoms with Crippen molar-refractivity contribution in [3.63, 3.8) is 0 Å². The predicted octanol–water partition coefficient (Wildman–Crippen LogP) is 7.12. The van der Waals surface area contributed by atoms with Crippen LogP contribution < -0.4 is 5.32 Å². The lowest BCUT2D eigenvalue weighted by Gasteiger charge is -2.40. The minimum absolute atomic E-state index is 0. The summed E-state index contributed by atoms with van der Waals surface area (Å²) in [6.07, 6.45) is 2.93. The third kappa shape index (κ3) is 3.92. The molecule has 3 aliphatic heterocycles. The lowest BCUT2D eigenvalue weighted by Crippen LogP contribution is -2.53. The molecule has 0 radical (unpaired) electrons. The number of ether oxygens (including phenoxy) is 1. The minimum Gasteiger partial charge on any atom is -0.465 e. The Morgan fingerprint density at radius 1 is 1.14 bits per heavy atom. The normalized spacial score (nSPS) is 25.7. The average molecular weight is 622 g/mol. The van der Waals surface area contributed by atoms with Crippen LogP contribution in [0.3, 0.4) is 0 Å². The smallest absolute Gasteiger partial charge is 0.337 e. The minimum atomic E-state index is -1.19. The Hall–Kier alpha value is -3.46. The van der Waals surface area contributed by atoms with Gasteiger partial charge in [0.1, 0.15) is 17.2 Å². The van der Waals surface area contributed by atoms with Crippen molar-refractivity contribution in [1.82, 2.24) is 14.5 Å². The number of anilines is 1. The first-order valence-electron chi connectivity index (χ1n) is 14.2. The van der Waals surface area contributed by atoms with Gasteiger partial charge in [-0.2, -0.15) is 0 Å². The quantitative estimate of drug-likeness (QED) is 0.246. The van der Waals surface area contributed by atoms with Crippen LogP contribution >= 0.6 is 23.2 Å². The van der Waals surface area contributed by atoms with Crippen LogP contribution in [0.25, 0.3) is 11.0 Å². The second-order valence-corrected chi connectivity index (χ2v) is 12.7. The summed E-state index contributed by atoms with van der Waals surface area (Å²) < 4.78 is 23.3. The Morgan fingerprint density at radius 2 is 1.95 bits per heavy atom. The van der Waals surface area contributed by atoms with Crippen molar-refractivity contribution < 1.29 is 18.7 Å². The van der Waals surface area contributed by atoms with Crippen molar-refractivity contribution in [2.24, 2.45) is 5.92 Å². The maximum absolute atomic E-state index is 16.2. The van der Waals surface area contributed by atoms with E-state index in [1.165, 1.54) is 13.2 Å². The molecule has 1 saturated carbocycles. The molecule has 43 heavy (non-hydrogen) atoms. The van der Waals surface area contributed by atoms with Crippen LogP contribution in [-0.2, 0) is 21.6 Å². The van der Waals surface area contributed by atoms with Crippen molar-refractivity contribution in [3.8, 4) is 0 Å². The Morgan fingerprint density at radius 3 is 2.72 bits per heavy atom. The SMILES string of the molecule is C.COC(=O)c1ccc2nc3n(c2c1)CC[C@H]1[C@@H]3[C@H](c2cccc(Cl)c2F)[C@]2(C(=O)Nc3cc(Cl)ccc32)N1CC1CC1. The van der Waals surface area contributed by atoms with Gasteiger partial charge in [0.05, 0.1) is 28.7 Å². The van der Waals surface area contributed by atoms with E-state index in [-0.39, 0.29) is 30.3 Å². The van der Waals surface area contributed by atoms with Gasteiger partial charge in [-0.25, -0.2) is 14.2 Å². The van der Waals surface area contributed by atoms with Crippen molar-refractivity contribution in [2.75, 3.05) is 19.0 Å². The van der Waals surface area contributed by atoms with Crippen LogP contribution in [0.5, 0.6) is 0 Å². The Kier molecular flexibility index (Phi) is 6.61. The molecule has 4 heterocycles. The zero-order valence-electron chi connectivity index (χ0n) is 22.7. The fourth-order valence-corrected chi connectivity index (χ4v) is 8.19. The second kappa shape index (κ2) is 10.0. The number of esters is 1. The van der Waals surface area contributed by atoms with Gasteiger partial charge in [0.2, 0.25) is 5.91 Å². The third-order valence-corrected chi connectivity index (χ3v) is 10.2. The average Bonchev–Trinajstić information content (AvgIpc) is 3.57. The third-order valence-electron chi connectivity index (χ3n) is 9.68. The molecule has 1 amide bonds. The van der Waals surface area contributed by atoms with Crippen molar-refractivity contribution in [1.29, 1.82) is 0 Å². The summed E-state index contributed by atoms with van der Waals surface area (Å²) in [4.78, 5) is 34.3. The van der Waals surface area contributed by atoms with Crippen molar-refractivity contribution in [3.05, 3.63) is 93.0 Å². The van der Waals surface area contributed by atoms with Gasteiger partial charge in [-0.1, -0.05) is 48.8 Å². The topological polar surface area (TPSA) is 76.5 Å². The summed E-state index contributed by atoms with van der Waals surface area (Å²) in [5, 5.41) is 3.65. The summed E-state index contributed by atoms with van der Waals surface area (Å²) in [7, 11) is 1.36. The number of carbonyl (C=O) groups is 2. The molecule has 1 saturated heterocycles. The Bertz CT molecular complexity index is 1820. The number of methoxy groups -OCH3 is 1. The van der Waals surface area contributed by atoms with Gasteiger partial charge in [0.25, 0.3) is 0 Å². The number of likely N-dealkylation sites (tertiary alicyclic amines) is 1. The fourth-order valence-electron chi connectivity index (χ4n) is 7.83. The van der Waals surface area contributed by atoms with E-state index in [0.29, 0.717) is 34.3 Å². The van der Waals surface area contributed by atoms with Gasteiger partial charge in [0, 0.05) is 47.2 Å². The molecule has 1 aliphatic carbocycles. The molecule has 1 aromatic heterocycles. The highest BCUT2D eigenvalue weighted by atomic mass is 35.5. The maximum Gasteiger partial charge on any atom is 0.337 e. The van der Waals surface area contributed by atoms with E-state index in [9.17, 15) is 9.59 Å². The van der Waals surface area contributed by atoms with Gasteiger partial charge < -0.3 is 14.6 Å². The largest absolute Gasteiger partial charge is 0.465 e. The first-order valence-corrected chi connectivity index (χ1v) is 15.0. The van der Waals surface area contributed by atoms with E-state index in [0.717, 1.165) is 48.2 Å². The standard InChI is InChI=1S/C32H27Cl2FN4O3.CH4/c1-42-30(40)17-7-10-22-25(13-17)38-12-11-24-26(29(38)36-22)27(19-3-2-4-21(34)28(19)35)32(39(24)15-16-5-6-16)20-9-8-18(33)14-23(20)37-31(32)41;/h2-4,7-10,13-14,16,24,26-27H,5-6,11-12,15H2,1H3,(H,37,41);1H4/t24-,26+,27-,32+;/m0./s1. The molecular formula is C33H31Cl2FN4O3. The Labute approximate surface area is 258 Å². The van der Waals surface area contributed by atoms with Crippen LogP contribution in [0, 0.1) is 11.7 Å². The summed E-state index contributed by atoms with van der Waals surface area (Å²) in [6.45, 7) is 1.37. The molecular weight excluding hydrogens is 590 g/mol. The number of rotatable bonds is 4. The Balaban J connectivity index is 0.00000300. The molecule has 1 spiro atoms. The zero-order valence-corrected chi connectivity index (χ0v) is 24.3. The molecule has 8 rings (SSSR count). The van der Waals surface area contributed by atoms with Crippen LogP contribution in [-0.4, -0.2) is 46.0 Å². The number of benzene rings is 3. The molecule has 3 aromatic carbocycles. The number of fused-ring (bicyclic) bond motifs is 7. The molecule has 0 unspecified atom stereocenters. The molecule has 7 nitrogen and oxygen atoms in total. The van der Waals surface area contributed by atoms with E-state index in [2.05, 4.69) is 14.8 Å². The van der Waals surface area contributed by atoms with Gasteiger partial charge in [-0.05, 0) is 67.1 Å². The number of nitrogens with one attached hydrogen (secondary N) is 1. The van der Waals surface area contributed by atoms with Crippen LogP contribution in [0.4, 0.5) is 10.1 Å².